The van der Waals surface area contributed by atoms with Gasteiger partial charge in [-0.25, -0.2) is 4.79 Å². The van der Waals surface area contributed by atoms with Crippen molar-refractivity contribution in [2.24, 2.45) is 22.9 Å². The number of fused-ring (bicyclic) bond motifs is 2. The van der Waals surface area contributed by atoms with Crippen LogP contribution in [0.3, 0.4) is 0 Å². The zero-order chi connectivity index (χ0) is 42.6. The average Bonchev–Trinajstić information content (AvgIpc) is 3.25. The monoisotopic (exact) mass is 830 g/mol. The summed E-state index contributed by atoms with van der Waals surface area (Å²) >= 11 is 0. The van der Waals surface area contributed by atoms with Gasteiger partial charge in [0.1, 0.15) is 17.5 Å². The molecule has 0 bridgehead atoms. The van der Waals surface area contributed by atoms with E-state index in [4.69, 9.17) is 28.9 Å². The van der Waals surface area contributed by atoms with Gasteiger partial charge >= 0.3 is 6.09 Å². The number of ether oxygens (including phenoxy) is 4. The van der Waals surface area contributed by atoms with Gasteiger partial charge in [-0.1, -0.05) is 30.1 Å². The second-order valence-corrected chi connectivity index (χ2v) is 15.7. The van der Waals surface area contributed by atoms with Crippen LogP contribution in [0.4, 0.5) is 10.5 Å². The molecule has 60 heavy (non-hydrogen) atoms. The maximum Gasteiger partial charge on any atom is 0.412 e. The highest BCUT2D eigenvalue weighted by atomic mass is 16.8. The number of oxime groups is 1. The Labute approximate surface area is 351 Å². The van der Waals surface area contributed by atoms with Crippen molar-refractivity contribution in [2.45, 2.75) is 95.2 Å². The molecule has 1 saturated heterocycles. The van der Waals surface area contributed by atoms with Crippen molar-refractivity contribution in [1.82, 2.24) is 10.2 Å². The van der Waals surface area contributed by atoms with E-state index in [1.54, 1.807) is 48.4 Å². The van der Waals surface area contributed by atoms with E-state index in [2.05, 4.69) is 18.0 Å². The molecule has 2 heterocycles. The van der Waals surface area contributed by atoms with Gasteiger partial charge in [-0.15, -0.1) is 6.58 Å². The summed E-state index contributed by atoms with van der Waals surface area (Å²) in [6.07, 6.45) is 12.9. The first-order valence-electron chi connectivity index (χ1n) is 21.1. The van der Waals surface area contributed by atoms with E-state index in [1.807, 2.05) is 13.0 Å². The Morgan fingerprint density at radius 3 is 2.55 bits per heavy atom. The summed E-state index contributed by atoms with van der Waals surface area (Å²) < 4.78 is 25.7. The smallest absolute Gasteiger partial charge is 0.412 e. The largest absolute Gasteiger partial charge is 0.459 e. The average molecular weight is 831 g/mol. The maximum atomic E-state index is 14.3. The SMILES string of the molecule is C=CCOC12Oc3ccc(OC(=O)NCC)cc3C3C(CCCCO)C(CCCCO)C=C(C(=NOC4CCCCO4)CC1N(C)C(=O)C=Cc1ccc([N+](=O)[O-])cc1)C32. The van der Waals surface area contributed by atoms with Crippen molar-refractivity contribution in [2.75, 3.05) is 40.0 Å². The lowest BCUT2D eigenvalue weighted by Gasteiger charge is -2.59. The molecule has 4 aliphatic rings. The number of carbonyl (C=O) groups is 2. The third kappa shape index (κ3) is 10.1. The lowest BCUT2D eigenvalue weighted by Crippen LogP contribution is -2.69. The Morgan fingerprint density at radius 2 is 1.87 bits per heavy atom. The molecule has 2 amide bonds. The fourth-order valence-electron chi connectivity index (χ4n) is 9.14. The molecule has 1 saturated carbocycles. The van der Waals surface area contributed by atoms with Crippen molar-refractivity contribution >= 4 is 29.5 Å². The van der Waals surface area contributed by atoms with Crippen LogP contribution >= 0.6 is 0 Å². The van der Waals surface area contributed by atoms with E-state index in [-0.39, 0.29) is 55.6 Å². The third-order valence-corrected chi connectivity index (χ3v) is 11.9. The molecule has 2 fully saturated rings. The van der Waals surface area contributed by atoms with E-state index < -0.39 is 35.1 Å². The highest BCUT2D eigenvalue weighted by Gasteiger charge is 2.65. The summed E-state index contributed by atoms with van der Waals surface area (Å²) in [5, 5.41) is 38.5. The molecule has 0 spiro atoms. The second-order valence-electron chi connectivity index (χ2n) is 15.7. The van der Waals surface area contributed by atoms with Gasteiger partial charge < -0.3 is 44.2 Å². The molecule has 7 unspecified atom stereocenters. The number of hydrogen-bond donors (Lipinski definition) is 3. The fourth-order valence-corrected chi connectivity index (χ4v) is 9.14. The van der Waals surface area contributed by atoms with Gasteiger partial charge in [-0.2, -0.15) is 0 Å². The van der Waals surface area contributed by atoms with Crippen molar-refractivity contribution in [3.05, 3.63) is 94.1 Å². The van der Waals surface area contributed by atoms with E-state index in [0.29, 0.717) is 55.2 Å². The second kappa shape index (κ2) is 20.9. The Bertz CT molecular complexity index is 1910. The Morgan fingerprint density at radius 1 is 1.10 bits per heavy atom. The maximum absolute atomic E-state index is 14.3. The van der Waals surface area contributed by atoms with Gasteiger partial charge in [-0.3, -0.25) is 14.9 Å². The van der Waals surface area contributed by atoms with Crippen LogP contribution < -0.4 is 14.8 Å². The number of amides is 2. The molecule has 2 aromatic rings. The Balaban J connectivity index is 1.52. The van der Waals surface area contributed by atoms with Gasteiger partial charge in [0.2, 0.25) is 18.0 Å². The van der Waals surface area contributed by atoms with Gasteiger partial charge in [-0.05, 0) is 105 Å². The number of aliphatic hydroxyl groups excluding tert-OH is 2. The predicted octanol–water partition coefficient (Wildman–Crippen LogP) is 7.04. The molecule has 7 atom stereocenters. The van der Waals surface area contributed by atoms with Crippen molar-refractivity contribution < 1.29 is 48.5 Å². The normalized spacial score (nSPS) is 26.3. The number of hydrogen-bond acceptors (Lipinski definition) is 12. The van der Waals surface area contributed by atoms with E-state index in [9.17, 15) is 29.9 Å². The molecule has 3 N–H and O–H groups in total. The number of benzene rings is 2. The quantitative estimate of drug-likeness (QED) is 0.0433. The lowest BCUT2D eigenvalue weighted by molar-refractivity contribution is -0.384. The van der Waals surface area contributed by atoms with Crippen molar-refractivity contribution in [3.8, 4) is 11.5 Å². The van der Waals surface area contributed by atoms with E-state index in [0.717, 1.165) is 49.7 Å². The number of carbonyl (C=O) groups excluding carboxylic acids is 2. The number of nitro benzene ring substituents is 1. The lowest BCUT2D eigenvalue weighted by atomic mass is 9.55. The molecule has 15 nitrogen and oxygen atoms in total. The molecule has 2 aliphatic heterocycles. The van der Waals surface area contributed by atoms with Crippen LogP contribution in [-0.2, 0) is 19.1 Å². The van der Waals surface area contributed by atoms with Gasteiger partial charge in [0, 0.05) is 69.3 Å². The number of likely N-dealkylation sites (N-methyl/N-ethyl adjacent to an activating group) is 1. The fraction of sp³-hybridized carbons (Fsp3) is 0.533. The molecule has 0 radical (unpaired) electrons. The number of unbranched alkanes of at least 4 members (excludes halogenated alkanes) is 2. The minimum atomic E-state index is -1.48. The predicted molar refractivity (Wildman–Crippen MR) is 224 cm³/mol. The number of nitrogens with zero attached hydrogens (tertiary/aromatic N) is 3. The molecule has 6 rings (SSSR count). The summed E-state index contributed by atoms with van der Waals surface area (Å²) in [5.74, 6) is -1.86. The molecular formula is C45H58N4O11. The van der Waals surface area contributed by atoms with Crippen LogP contribution in [-0.4, -0.2) is 95.9 Å². The van der Waals surface area contributed by atoms with Crippen molar-refractivity contribution in [3.63, 3.8) is 0 Å². The molecule has 0 aromatic heterocycles. The molecule has 2 aromatic carbocycles. The van der Waals surface area contributed by atoms with Crippen LogP contribution in [0.2, 0.25) is 0 Å². The first-order chi connectivity index (χ1) is 29.1. The van der Waals surface area contributed by atoms with E-state index in [1.165, 1.54) is 18.2 Å². The van der Waals surface area contributed by atoms with Gasteiger partial charge in [0.05, 0.1) is 29.8 Å². The molecule has 2 aliphatic carbocycles. The molecule has 324 valence electrons. The first-order valence-corrected chi connectivity index (χ1v) is 21.1. The Hall–Kier alpha value is -5.09. The van der Waals surface area contributed by atoms with Crippen LogP contribution in [0.1, 0.15) is 88.2 Å². The summed E-state index contributed by atoms with van der Waals surface area (Å²) in [5.41, 5.74) is 2.86. The molecule has 15 heteroatoms. The van der Waals surface area contributed by atoms with Gasteiger partial charge in [0.25, 0.3) is 5.69 Å². The topological polar surface area (TPSA) is 192 Å². The number of rotatable bonds is 19. The zero-order valence-electron chi connectivity index (χ0n) is 34.5. The van der Waals surface area contributed by atoms with Crippen molar-refractivity contribution in [1.29, 1.82) is 0 Å². The van der Waals surface area contributed by atoms with Crippen LogP contribution in [0.15, 0.2) is 78.0 Å². The summed E-state index contributed by atoms with van der Waals surface area (Å²) in [6.45, 7) is 6.95. The molecular weight excluding hydrogens is 773 g/mol. The number of aliphatic hydroxyl groups is 2. The summed E-state index contributed by atoms with van der Waals surface area (Å²) in [6, 6.07) is 10.5. The minimum Gasteiger partial charge on any atom is -0.459 e. The van der Waals surface area contributed by atoms with Crippen LogP contribution in [0, 0.1) is 27.9 Å². The number of nitrogens with one attached hydrogen (secondary N) is 1. The first kappa shape index (κ1) is 44.5. The number of nitro groups is 1. The third-order valence-electron chi connectivity index (χ3n) is 11.9. The number of non-ortho nitro benzene ring substituents is 1. The van der Waals surface area contributed by atoms with Crippen LogP contribution in [0.25, 0.3) is 6.08 Å². The van der Waals surface area contributed by atoms with Crippen LogP contribution in [0.5, 0.6) is 11.5 Å². The Kier molecular flexibility index (Phi) is 15.5. The number of allylic oxidation sites excluding steroid dienone is 1. The van der Waals surface area contributed by atoms with Gasteiger partial charge in [0.15, 0.2) is 0 Å². The minimum absolute atomic E-state index is 0.0131. The standard InChI is InChI=1S/C45H58N4O11/c1-4-25-57-45-39(48(3)40(52)22-17-30-15-18-32(19-16-30)49(54)55)29-37(47-60-41-14-8-11-26-56-41)35-27-31(12-6-9-23-50)34(13-7-10-24-51)42(43(35)45)36-28-33(20-21-38(36)59-45)58-44(53)46-5-2/h4,15-22,27-28,31,34,39,41-43,50-51H,1,5-14,23-26,29H2,2-3H3,(H,46,53). The highest BCUT2D eigenvalue weighted by molar-refractivity contribution is 6.03. The summed E-state index contributed by atoms with van der Waals surface area (Å²) in [7, 11) is 1.69. The highest BCUT2D eigenvalue weighted by Crippen LogP contribution is 2.61. The summed E-state index contributed by atoms with van der Waals surface area (Å²) in [4.78, 5) is 45.5. The van der Waals surface area contributed by atoms with E-state index >= 15 is 0 Å². The zero-order valence-corrected chi connectivity index (χ0v) is 34.5.